The van der Waals surface area contributed by atoms with Gasteiger partial charge in [-0.2, -0.15) is 0 Å². The van der Waals surface area contributed by atoms with E-state index in [1.165, 1.54) is 6.07 Å². The molecular formula is C14H14FN3O2S. The van der Waals surface area contributed by atoms with Gasteiger partial charge in [-0.1, -0.05) is 23.9 Å². The van der Waals surface area contributed by atoms with E-state index >= 15 is 0 Å². The van der Waals surface area contributed by atoms with Crippen molar-refractivity contribution in [2.75, 3.05) is 5.75 Å². The summed E-state index contributed by atoms with van der Waals surface area (Å²) in [7, 11) is 0. The zero-order chi connectivity index (χ0) is 15.0. The summed E-state index contributed by atoms with van der Waals surface area (Å²) in [5.74, 6) is -0.636. The highest BCUT2D eigenvalue weighted by atomic mass is 32.2. The van der Waals surface area contributed by atoms with Gasteiger partial charge in [0.05, 0.1) is 5.75 Å². The number of benzene rings is 1. The zero-order valence-corrected chi connectivity index (χ0v) is 12.2. The first-order valence-electron chi connectivity index (χ1n) is 6.62. The monoisotopic (exact) mass is 307 g/mol. The van der Waals surface area contributed by atoms with Crippen LogP contribution in [0.2, 0.25) is 0 Å². The molecule has 0 unspecified atom stereocenters. The third-order valence-corrected chi connectivity index (χ3v) is 4.26. The Labute approximate surface area is 125 Å². The van der Waals surface area contributed by atoms with Gasteiger partial charge in [0.25, 0.3) is 0 Å². The fourth-order valence-corrected chi connectivity index (χ4v) is 2.82. The maximum atomic E-state index is 13.7. The van der Waals surface area contributed by atoms with Gasteiger partial charge in [0.15, 0.2) is 11.0 Å². The minimum atomic E-state index is -0.895. The van der Waals surface area contributed by atoms with E-state index in [1.807, 2.05) is 10.6 Å². The Balaban J connectivity index is 1.98. The minimum absolute atomic E-state index is 0.0624. The molecule has 7 heteroatoms. The summed E-state index contributed by atoms with van der Waals surface area (Å²) in [5.41, 5.74) is 1.25. The highest BCUT2D eigenvalue weighted by molar-refractivity contribution is 7.99. The lowest BCUT2D eigenvalue weighted by molar-refractivity contribution is -0.133. The Hall–Kier alpha value is -1.89. The van der Waals surface area contributed by atoms with E-state index in [-0.39, 0.29) is 17.6 Å². The molecule has 1 aromatic heterocycles. The number of aliphatic carboxylic acids is 1. The number of aryl methyl sites for hydroxylation is 1. The number of hydrogen-bond donors (Lipinski definition) is 1. The molecule has 3 rings (SSSR count). The first-order chi connectivity index (χ1) is 10.1. The predicted octanol–water partition coefficient (Wildman–Crippen LogP) is 2.90. The highest BCUT2D eigenvalue weighted by Crippen LogP contribution is 2.41. The number of rotatable bonds is 5. The molecule has 0 aliphatic heterocycles. The van der Waals surface area contributed by atoms with Crippen molar-refractivity contribution in [2.45, 2.75) is 31.0 Å². The minimum Gasteiger partial charge on any atom is -0.481 e. The fraction of sp³-hybridized carbons (Fsp3) is 0.357. The maximum absolute atomic E-state index is 13.7. The summed E-state index contributed by atoms with van der Waals surface area (Å²) in [6, 6.07) is 5.26. The van der Waals surface area contributed by atoms with Crippen molar-refractivity contribution in [3.05, 3.63) is 29.6 Å². The quantitative estimate of drug-likeness (QED) is 0.860. The molecule has 1 aromatic carbocycles. The molecule has 1 aliphatic carbocycles. The van der Waals surface area contributed by atoms with Crippen molar-refractivity contribution >= 4 is 17.7 Å². The Kier molecular flexibility index (Phi) is 3.67. The van der Waals surface area contributed by atoms with Gasteiger partial charge in [0.2, 0.25) is 0 Å². The van der Waals surface area contributed by atoms with Crippen molar-refractivity contribution in [1.82, 2.24) is 14.8 Å². The summed E-state index contributed by atoms with van der Waals surface area (Å²) in [5, 5.41) is 17.6. The number of carbonyl (C=O) groups is 1. The van der Waals surface area contributed by atoms with Crippen molar-refractivity contribution < 1.29 is 14.3 Å². The molecule has 0 bridgehead atoms. The van der Waals surface area contributed by atoms with Crippen molar-refractivity contribution in [2.24, 2.45) is 0 Å². The predicted molar refractivity (Wildman–Crippen MR) is 76.8 cm³/mol. The molecule has 21 heavy (non-hydrogen) atoms. The van der Waals surface area contributed by atoms with Gasteiger partial charge in [-0.25, -0.2) is 4.39 Å². The standard InChI is InChI=1S/C14H14FN3O2S/c1-8-2-3-9(6-11(8)15)13-16-17-14(21-7-12(19)20)18(13)10-4-5-10/h2-3,6,10H,4-5,7H2,1H3,(H,19,20). The lowest BCUT2D eigenvalue weighted by Gasteiger charge is -2.08. The number of nitrogens with zero attached hydrogens (tertiary/aromatic N) is 3. The van der Waals surface area contributed by atoms with Crippen molar-refractivity contribution in [3.63, 3.8) is 0 Å². The summed E-state index contributed by atoms with van der Waals surface area (Å²) in [6.45, 7) is 1.71. The molecule has 1 heterocycles. The van der Waals surface area contributed by atoms with Crippen LogP contribution in [0.4, 0.5) is 4.39 Å². The van der Waals surface area contributed by atoms with Crippen LogP contribution in [0.3, 0.4) is 0 Å². The molecule has 1 N–H and O–H groups in total. The van der Waals surface area contributed by atoms with Gasteiger partial charge in [0.1, 0.15) is 5.82 Å². The molecule has 0 atom stereocenters. The fourth-order valence-electron chi connectivity index (χ4n) is 2.09. The van der Waals surface area contributed by atoms with E-state index in [2.05, 4.69) is 10.2 Å². The summed E-state index contributed by atoms with van der Waals surface area (Å²) >= 11 is 1.14. The molecule has 1 aliphatic rings. The van der Waals surface area contributed by atoms with Gasteiger partial charge in [0, 0.05) is 11.6 Å². The largest absolute Gasteiger partial charge is 0.481 e. The van der Waals surface area contributed by atoms with Gasteiger partial charge in [-0.15, -0.1) is 10.2 Å². The molecule has 0 spiro atoms. The van der Waals surface area contributed by atoms with Gasteiger partial charge in [-0.05, 0) is 31.4 Å². The molecule has 2 aromatic rings. The van der Waals surface area contributed by atoms with Crippen LogP contribution >= 0.6 is 11.8 Å². The second-order valence-electron chi connectivity index (χ2n) is 5.05. The van der Waals surface area contributed by atoms with Crippen LogP contribution in [0.25, 0.3) is 11.4 Å². The van der Waals surface area contributed by atoms with Crippen LogP contribution < -0.4 is 0 Å². The number of halogens is 1. The molecule has 0 radical (unpaired) electrons. The molecular weight excluding hydrogens is 293 g/mol. The lowest BCUT2D eigenvalue weighted by Crippen LogP contribution is -2.03. The number of hydrogen-bond acceptors (Lipinski definition) is 4. The van der Waals surface area contributed by atoms with E-state index in [1.54, 1.807) is 13.0 Å². The number of aromatic nitrogens is 3. The summed E-state index contributed by atoms with van der Waals surface area (Å²) in [6.07, 6.45) is 2.03. The normalized spacial score (nSPS) is 14.4. The summed E-state index contributed by atoms with van der Waals surface area (Å²) in [4.78, 5) is 10.7. The molecule has 0 saturated heterocycles. The number of carboxylic acid groups (broad SMARTS) is 1. The van der Waals surface area contributed by atoms with E-state index in [4.69, 9.17) is 5.11 Å². The van der Waals surface area contributed by atoms with Crippen LogP contribution in [-0.2, 0) is 4.79 Å². The zero-order valence-electron chi connectivity index (χ0n) is 11.4. The molecule has 110 valence electrons. The topological polar surface area (TPSA) is 68.0 Å². The molecule has 1 fully saturated rings. The first kappa shape index (κ1) is 14.1. The van der Waals surface area contributed by atoms with E-state index in [9.17, 15) is 9.18 Å². The Morgan fingerprint density at radius 2 is 2.24 bits per heavy atom. The van der Waals surface area contributed by atoms with E-state index in [0.717, 1.165) is 24.6 Å². The average molecular weight is 307 g/mol. The van der Waals surface area contributed by atoms with Crippen LogP contribution in [0.15, 0.2) is 23.4 Å². The Morgan fingerprint density at radius 1 is 1.48 bits per heavy atom. The van der Waals surface area contributed by atoms with Gasteiger partial charge >= 0.3 is 5.97 Å². The third kappa shape index (κ3) is 2.92. The van der Waals surface area contributed by atoms with Gasteiger partial charge < -0.3 is 5.11 Å². The van der Waals surface area contributed by atoms with Gasteiger partial charge in [-0.3, -0.25) is 9.36 Å². The van der Waals surface area contributed by atoms with Crippen LogP contribution in [0.1, 0.15) is 24.4 Å². The molecule has 0 amide bonds. The van der Waals surface area contributed by atoms with Crippen LogP contribution in [0, 0.1) is 12.7 Å². The molecule has 1 saturated carbocycles. The summed E-state index contributed by atoms with van der Waals surface area (Å²) < 4.78 is 15.7. The van der Waals surface area contributed by atoms with E-state index in [0.29, 0.717) is 22.1 Å². The highest BCUT2D eigenvalue weighted by Gasteiger charge is 2.30. The Bertz CT molecular complexity index is 698. The SMILES string of the molecule is Cc1ccc(-c2nnc(SCC(=O)O)n2C2CC2)cc1F. The van der Waals surface area contributed by atoms with Crippen LogP contribution in [-0.4, -0.2) is 31.6 Å². The average Bonchev–Trinajstić information content (AvgIpc) is 3.19. The third-order valence-electron chi connectivity index (χ3n) is 3.33. The van der Waals surface area contributed by atoms with E-state index < -0.39 is 5.97 Å². The lowest BCUT2D eigenvalue weighted by atomic mass is 10.1. The Morgan fingerprint density at radius 3 is 2.86 bits per heavy atom. The molecule has 5 nitrogen and oxygen atoms in total. The smallest absolute Gasteiger partial charge is 0.313 e. The van der Waals surface area contributed by atoms with Crippen LogP contribution in [0.5, 0.6) is 0 Å². The number of thioether (sulfide) groups is 1. The second kappa shape index (κ2) is 5.48. The second-order valence-corrected chi connectivity index (χ2v) is 6.00. The van der Waals surface area contributed by atoms with Crippen molar-refractivity contribution in [1.29, 1.82) is 0 Å². The maximum Gasteiger partial charge on any atom is 0.313 e. The number of carboxylic acids is 1. The first-order valence-corrected chi connectivity index (χ1v) is 7.61. The van der Waals surface area contributed by atoms with Crippen molar-refractivity contribution in [3.8, 4) is 11.4 Å².